The Labute approximate surface area is 154 Å². The molecule has 1 heterocycles. The van der Waals surface area contributed by atoms with Crippen LogP contribution in [0.1, 0.15) is 24.8 Å². The second kappa shape index (κ2) is 8.10. The first kappa shape index (κ1) is 18.7. The lowest BCUT2D eigenvalue weighted by molar-refractivity contribution is 0.330. The number of unbranched alkanes of at least 4 members (excludes halogenated alkanes) is 1. The first-order chi connectivity index (χ1) is 12.4. The van der Waals surface area contributed by atoms with E-state index in [9.17, 15) is 18.6 Å². The molecule has 1 unspecified atom stereocenters. The van der Waals surface area contributed by atoms with Crippen LogP contribution in [0.15, 0.2) is 53.4 Å². The Morgan fingerprint density at radius 2 is 1.54 bits per heavy atom. The lowest BCUT2D eigenvalue weighted by Gasteiger charge is -2.16. The molecule has 2 aromatic rings. The minimum absolute atomic E-state index is 0.0747. The van der Waals surface area contributed by atoms with Crippen LogP contribution in [-0.2, 0) is 16.3 Å². The third-order valence-electron chi connectivity index (χ3n) is 4.96. The van der Waals surface area contributed by atoms with E-state index in [1.54, 1.807) is 12.1 Å². The first-order valence-electron chi connectivity index (χ1n) is 8.98. The summed E-state index contributed by atoms with van der Waals surface area (Å²) in [5.74, 6) is 0.359. The maximum atomic E-state index is 12.7. The van der Waals surface area contributed by atoms with E-state index in [4.69, 9.17) is 0 Å². The van der Waals surface area contributed by atoms with Gasteiger partial charge in [0.2, 0.25) is 0 Å². The summed E-state index contributed by atoms with van der Waals surface area (Å²) in [4.78, 5) is 2.51. The van der Waals surface area contributed by atoms with Crippen molar-refractivity contribution in [3.8, 4) is 11.5 Å². The average molecular weight is 375 g/mol. The third-order valence-corrected chi connectivity index (χ3v) is 7.15. The topological polar surface area (TPSA) is 77.8 Å². The molecule has 3 rings (SSSR count). The van der Waals surface area contributed by atoms with Crippen molar-refractivity contribution in [3.05, 3.63) is 54.1 Å². The van der Waals surface area contributed by atoms with Gasteiger partial charge < -0.3 is 15.1 Å². The van der Waals surface area contributed by atoms with Gasteiger partial charge in [-0.2, -0.15) is 0 Å². The summed E-state index contributed by atoms with van der Waals surface area (Å²) < 4.78 is 25.4. The number of sulfone groups is 1. The molecule has 2 N–H and O–H groups in total. The largest absolute Gasteiger partial charge is 0.508 e. The predicted octanol–water partition coefficient (Wildman–Crippen LogP) is 2.97. The fraction of sp³-hybridized carbons (Fsp3) is 0.400. The van der Waals surface area contributed by atoms with Gasteiger partial charge in [-0.15, -0.1) is 0 Å². The molecule has 5 nitrogen and oxygen atoms in total. The zero-order valence-electron chi connectivity index (χ0n) is 14.7. The standard InChI is InChI=1S/C20H25NO4S/c22-17-6-4-16(5-7-17)3-1-2-13-21-14-12-20(15-21)26(24,25)19-10-8-18(23)9-11-19/h4-11,20,22-23H,1-3,12-15H2. The van der Waals surface area contributed by atoms with Gasteiger partial charge in [-0.05, 0) is 80.7 Å². The first-order valence-corrected chi connectivity index (χ1v) is 10.5. The van der Waals surface area contributed by atoms with Crippen molar-refractivity contribution in [2.75, 3.05) is 19.6 Å². The number of rotatable bonds is 7. The number of likely N-dealkylation sites (tertiary alicyclic amines) is 1. The smallest absolute Gasteiger partial charge is 0.182 e. The highest BCUT2D eigenvalue weighted by Gasteiger charge is 2.33. The molecule has 26 heavy (non-hydrogen) atoms. The van der Waals surface area contributed by atoms with Crippen molar-refractivity contribution >= 4 is 9.84 Å². The van der Waals surface area contributed by atoms with Crippen molar-refractivity contribution in [1.29, 1.82) is 0 Å². The normalized spacial score (nSPS) is 18.2. The molecular formula is C20H25NO4S. The van der Waals surface area contributed by atoms with E-state index in [1.165, 1.54) is 29.8 Å². The highest BCUT2D eigenvalue weighted by molar-refractivity contribution is 7.92. The van der Waals surface area contributed by atoms with Crippen molar-refractivity contribution in [3.63, 3.8) is 0 Å². The zero-order valence-corrected chi connectivity index (χ0v) is 15.5. The highest BCUT2D eigenvalue weighted by atomic mass is 32.2. The van der Waals surface area contributed by atoms with Crippen LogP contribution in [0.25, 0.3) is 0 Å². The summed E-state index contributed by atoms with van der Waals surface area (Å²) in [6.45, 7) is 2.28. The van der Waals surface area contributed by atoms with Gasteiger partial charge in [0.1, 0.15) is 11.5 Å². The minimum Gasteiger partial charge on any atom is -0.508 e. The Morgan fingerprint density at radius 1 is 0.923 bits per heavy atom. The molecule has 1 aliphatic heterocycles. The number of aromatic hydroxyl groups is 2. The molecule has 1 aliphatic rings. The Morgan fingerprint density at radius 3 is 2.19 bits per heavy atom. The van der Waals surface area contributed by atoms with Gasteiger partial charge >= 0.3 is 0 Å². The molecule has 0 aromatic heterocycles. The maximum absolute atomic E-state index is 12.7. The Kier molecular flexibility index (Phi) is 5.84. The van der Waals surface area contributed by atoms with Gasteiger partial charge in [0, 0.05) is 6.54 Å². The van der Waals surface area contributed by atoms with Crippen molar-refractivity contribution in [1.82, 2.24) is 4.90 Å². The Bertz CT molecular complexity index is 816. The number of nitrogens with zero attached hydrogens (tertiary/aromatic N) is 1. The molecule has 140 valence electrons. The molecule has 2 aromatic carbocycles. The van der Waals surface area contributed by atoms with Gasteiger partial charge in [0.15, 0.2) is 9.84 Å². The molecule has 6 heteroatoms. The number of phenols is 2. The number of benzene rings is 2. The fourth-order valence-corrected chi connectivity index (χ4v) is 5.13. The van der Waals surface area contributed by atoms with Crippen LogP contribution in [0.5, 0.6) is 11.5 Å². The van der Waals surface area contributed by atoms with Crippen LogP contribution >= 0.6 is 0 Å². The van der Waals surface area contributed by atoms with E-state index >= 15 is 0 Å². The molecule has 0 radical (unpaired) electrons. The molecule has 0 saturated carbocycles. The van der Waals surface area contributed by atoms with Crippen LogP contribution in [0, 0.1) is 0 Å². The molecule has 1 fully saturated rings. The van der Waals surface area contributed by atoms with Crippen LogP contribution in [-0.4, -0.2) is 48.4 Å². The van der Waals surface area contributed by atoms with Crippen molar-refractivity contribution in [2.45, 2.75) is 35.8 Å². The second-order valence-corrected chi connectivity index (χ2v) is 9.10. The van der Waals surface area contributed by atoms with Gasteiger partial charge in [0.25, 0.3) is 0 Å². The Balaban J connectivity index is 1.46. The van der Waals surface area contributed by atoms with Gasteiger partial charge in [-0.25, -0.2) is 8.42 Å². The summed E-state index contributed by atoms with van der Waals surface area (Å²) in [6, 6.07) is 13.1. The summed E-state index contributed by atoms with van der Waals surface area (Å²) in [5, 5.41) is 18.2. The minimum atomic E-state index is -3.34. The predicted molar refractivity (Wildman–Crippen MR) is 101 cm³/mol. The van der Waals surface area contributed by atoms with E-state index in [-0.39, 0.29) is 21.6 Å². The quantitative estimate of drug-likeness (QED) is 0.728. The molecule has 1 saturated heterocycles. The van der Waals surface area contributed by atoms with Crippen LogP contribution in [0.3, 0.4) is 0 Å². The average Bonchev–Trinajstić information content (AvgIpc) is 3.10. The summed E-state index contributed by atoms with van der Waals surface area (Å²) in [7, 11) is -3.34. The summed E-state index contributed by atoms with van der Waals surface area (Å²) >= 11 is 0. The van der Waals surface area contributed by atoms with E-state index < -0.39 is 9.84 Å². The summed E-state index contributed by atoms with van der Waals surface area (Å²) in [5.41, 5.74) is 1.21. The van der Waals surface area contributed by atoms with Crippen molar-refractivity contribution < 1.29 is 18.6 Å². The van der Waals surface area contributed by atoms with Gasteiger partial charge in [0.05, 0.1) is 10.1 Å². The third kappa shape index (κ3) is 4.56. The lowest BCUT2D eigenvalue weighted by atomic mass is 10.1. The lowest BCUT2D eigenvalue weighted by Crippen LogP contribution is -2.27. The van der Waals surface area contributed by atoms with E-state index in [1.807, 2.05) is 12.1 Å². The molecule has 0 bridgehead atoms. The van der Waals surface area contributed by atoms with Crippen LogP contribution in [0.2, 0.25) is 0 Å². The SMILES string of the molecule is O=S(=O)(c1ccc(O)cc1)C1CCN(CCCCc2ccc(O)cc2)C1. The summed E-state index contributed by atoms with van der Waals surface area (Å²) in [6.07, 6.45) is 3.67. The van der Waals surface area contributed by atoms with Gasteiger partial charge in [-0.3, -0.25) is 0 Å². The van der Waals surface area contributed by atoms with E-state index in [0.717, 1.165) is 32.4 Å². The second-order valence-electron chi connectivity index (χ2n) is 6.87. The maximum Gasteiger partial charge on any atom is 0.182 e. The number of hydrogen-bond donors (Lipinski definition) is 2. The molecule has 0 aliphatic carbocycles. The number of hydrogen-bond acceptors (Lipinski definition) is 5. The van der Waals surface area contributed by atoms with Crippen LogP contribution < -0.4 is 0 Å². The molecule has 0 spiro atoms. The molecule has 1 atom stereocenters. The van der Waals surface area contributed by atoms with E-state index in [0.29, 0.717) is 13.0 Å². The van der Waals surface area contributed by atoms with Crippen LogP contribution in [0.4, 0.5) is 0 Å². The highest BCUT2D eigenvalue weighted by Crippen LogP contribution is 2.25. The molecule has 0 amide bonds. The van der Waals surface area contributed by atoms with E-state index in [2.05, 4.69) is 4.90 Å². The van der Waals surface area contributed by atoms with Crippen molar-refractivity contribution in [2.24, 2.45) is 0 Å². The number of phenolic OH excluding ortho intramolecular Hbond substituents is 2. The monoisotopic (exact) mass is 375 g/mol. The Hall–Kier alpha value is -2.05. The zero-order chi connectivity index (χ0) is 18.6. The van der Waals surface area contributed by atoms with Gasteiger partial charge in [-0.1, -0.05) is 12.1 Å². The number of aryl methyl sites for hydroxylation is 1. The fourth-order valence-electron chi connectivity index (χ4n) is 3.41. The molecular weight excluding hydrogens is 350 g/mol.